The molecule has 0 saturated carbocycles. The number of ether oxygens (including phenoxy) is 1. The minimum absolute atomic E-state index is 0.149. The molecule has 5 heteroatoms. The van der Waals surface area contributed by atoms with Crippen molar-refractivity contribution in [1.82, 2.24) is 0 Å². The summed E-state index contributed by atoms with van der Waals surface area (Å²) in [6, 6.07) is 14.8. The molecule has 0 saturated heterocycles. The lowest BCUT2D eigenvalue weighted by Gasteiger charge is -2.10. The van der Waals surface area contributed by atoms with E-state index in [0.29, 0.717) is 10.7 Å². The molecule has 2 rings (SSSR count). The van der Waals surface area contributed by atoms with Gasteiger partial charge in [0.15, 0.2) is 0 Å². The Kier molecular flexibility index (Phi) is 8.13. The highest BCUT2D eigenvalue weighted by Crippen LogP contribution is 2.20. The largest absolute Gasteiger partial charge is 0.494 e. The fourth-order valence-electron chi connectivity index (χ4n) is 2.33. The summed E-state index contributed by atoms with van der Waals surface area (Å²) in [4.78, 5) is 12.0. The molecular formula is C20H25ClN2O2. The van der Waals surface area contributed by atoms with Crippen molar-refractivity contribution in [3.63, 3.8) is 0 Å². The number of carbonyl (C=O) groups excluding carboxylic acids is 1. The number of hydrogen-bond acceptors (Lipinski definition) is 3. The second-order valence-corrected chi connectivity index (χ2v) is 6.22. The summed E-state index contributed by atoms with van der Waals surface area (Å²) in [6.07, 6.45) is 4.76. The molecule has 0 spiro atoms. The Morgan fingerprint density at radius 3 is 2.52 bits per heavy atom. The molecule has 4 nitrogen and oxygen atoms in total. The molecule has 0 unspecified atom stereocenters. The van der Waals surface area contributed by atoms with Gasteiger partial charge in [-0.05, 0) is 42.8 Å². The average Bonchev–Trinajstić information content (AvgIpc) is 2.63. The predicted molar refractivity (Wildman–Crippen MR) is 105 cm³/mol. The van der Waals surface area contributed by atoms with Crippen LogP contribution < -0.4 is 15.4 Å². The molecule has 25 heavy (non-hydrogen) atoms. The highest BCUT2D eigenvalue weighted by molar-refractivity contribution is 6.33. The van der Waals surface area contributed by atoms with Crippen molar-refractivity contribution in [2.75, 3.05) is 23.8 Å². The molecule has 1 amide bonds. The molecule has 0 radical (unpaired) electrons. The summed E-state index contributed by atoms with van der Waals surface area (Å²) in [5.74, 6) is 0.701. The van der Waals surface area contributed by atoms with E-state index in [4.69, 9.17) is 16.3 Å². The third kappa shape index (κ3) is 7.06. The lowest BCUT2D eigenvalue weighted by molar-refractivity contribution is -0.114. The number of benzene rings is 2. The second kappa shape index (κ2) is 10.6. The molecule has 2 aromatic carbocycles. The van der Waals surface area contributed by atoms with Crippen LogP contribution in [0.4, 0.5) is 11.4 Å². The molecule has 0 bridgehead atoms. The van der Waals surface area contributed by atoms with E-state index in [1.54, 1.807) is 12.1 Å². The molecule has 0 heterocycles. The van der Waals surface area contributed by atoms with Gasteiger partial charge in [-0.1, -0.05) is 49.9 Å². The maximum atomic E-state index is 12.0. The van der Waals surface area contributed by atoms with Gasteiger partial charge in [-0.25, -0.2) is 0 Å². The minimum atomic E-state index is -0.149. The van der Waals surface area contributed by atoms with E-state index in [9.17, 15) is 4.79 Å². The highest BCUT2D eigenvalue weighted by atomic mass is 35.5. The van der Waals surface area contributed by atoms with Gasteiger partial charge in [0, 0.05) is 5.69 Å². The van der Waals surface area contributed by atoms with Gasteiger partial charge < -0.3 is 15.4 Å². The van der Waals surface area contributed by atoms with Crippen molar-refractivity contribution in [2.45, 2.75) is 32.6 Å². The Morgan fingerprint density at radius 2 is 1.80 bits per heavy atom. The third-order valence-corrected chi connectivity index (χ3v) is 4.05. The zero-order chi connectivity index (χ0) is 17.9. The summed E-state index contributed by atoms with van der Waals surface area (Å²) in [5.41, 5.74) is 1.48. The van der Waals surface area contributed by atoms with Crippen molar-refractivity contribution in [2.24, 2.45) is 0 Å². The lowest BCUT2D eigenvalue weighted by atomic mass is 10.2. The van der Waals surface area contributed by atoms with E-state index in [0.717, 1.165) is 24.5 Å². The SMILES string of the molecule is CCCCCCOc1ccc(NCC(=O)Nc2ccccc2Cl)cc1. The molecule has 2 N–H and O–H groups in total. The smallest absolute Gasteiger partial charge is 0.243 e. The van der Waals surface area contributed by atoms with E-state index in [-0.39, 0.29) is 12.5 Å². The van der Waals surface area contributed by atoms with Crippen LogP contribution in [0.3, 0.4) is 0 Å². The number of amides is 1. The lowest BCUT2D eigenvalue weighted by Crippen LogP contribution is -2.21. The molecule has 0 aliphatic heterocycles. The van der Waals surface area contributed by atoms with Crippen LogP contribution in [0.1, 0.15) is 32.6 Å². The number of nitrogens with one attached hydrogen (secondary N) is 2. The van der Waals surface area contributed by atoms with E-state index >= 15 is 0 Å². The van der Waals surface area contributed by atoms with Crippen LogP contribution in [0.2, 0.25) is 5.02 Å². The zero-order valence-electron chi connectivity index (χ0n) is 14.6. The van der Waals surface area contributed by atoms with Crippen molar-refractivity contribution in [3.05, 3.63) is 53.6 Å². The van der Waals surface area contributed by atoms with Crippen LogP contribution in [0.25, 0.3) is 0 Å². The monoisotopic (exact) mass is 360 g/mol. The molecule has 0 aliphatic rings. The molecule has 134 valence electrons. The normalized spacial score (nSPS) is 10.3. The summed E-state index contributed by atoms with van der Waals surface area (Å²) in [5, 5.41) is 6.39. The Bertz CT molecular complexity index is 659. The first-order chi connectivity index (χ1) is 12.2. The van der Waals surface area contributed by atoms with Crippen molar-refractivity contribution >= 4 is 28.9 Å². The Morgan fingerprint density at radius 1 is 1.04 bits per heavy atom. The highest BCUT2D eigenvalue weighted by Gasteiger charge is 2.05. The number of para-hydroxylation sites is 1. The van der Waals surface area contributed by atoms with Gasteiger partial charge in [-0.15, -0.1) is 0 Å². The maximum absolute atomic E-state index is 12.0. The molecule has 0 aromatic heterocycles. The van der Waals surface area contributed by atoms with Gasteiger partial charge >= 0.3 is 0 Å². The Balaban J connectivity index is 1.72. The van der Waals surface area contributed by atoms with Gasteiger partial charge in [0.25, 0.3) is 0 Å². The predicted octanol–water partition coefficient (Wildman–Crippen LogP) is 5.35. The van der Waals surface area contributed by atoms with Crippen LogP contribution in [0, 0.1) is 0 Å². The first-order valence-corrected chi connectivity index (χ1v) is 9.08. The number of rotatable bonds is 10. The summed E-state index contributed by atoms with van der Waals surface area (Å²) in [7, 11) is 0. The quantitative estimate of drug-likeness (QED) is 0.561. The molecular weight excluding hydrogens is 336 g/mol. The van der Waals surface area contributed by atoms with Gasteiger partial charge in [0.1, 0.15) is 5.75 Å². The number of halogens is 1. The van der Waals surface area contributed by atoms with Crippen molar-refractivity contribution < 1.29 is 9.53 Å². The van der Waals surface area contributed by atoms with Gasteiger partial charge in [0.2, 0.25) is 5.91 Å². The van der Waals surface area contributed by atoms with Gasteiger partial charge in [-0.3, -0.25) is 4.79 Å². The van der Waals surface area contributed by atoms with Crippen LogP contribution in [-0.2, 0) is 4.79 Å². The van der Waals surface area contributed by atoms with Crippen LogP contribution >= 0.6 is 11.6 Å². The van der Waals surface area contributed by atoms with Crippen LogP contribution in [-0.4, -0.2) is 19.1 Å². The van der Waals surface area contributed by atoms with Crippen molar-refractivity contribution in [1.29, 1.82) is 0 Å². The number of unbranched alkanes of at least 4 members (excludes halogenated alkanes) is 3. The summed E-state index contributed by atoms with van der Waals surface area (Å²) < 4.78 is 5.70. The van der Waals surface area contributed by atoms with Crippen molar-refractivity contribution in [3.8, 4) is 5.75 Å². The summed E-state index contributed by atoms with van der Waals surface area (Å²) in [6.45, 7) is 3.11. The van der Waals surface area contributed by atoms with E-state index in [1.165, 1.54) is 19.3 Å². The van der Waals surface area contributed by atoms with E-state index < -0.39 is 0 Å². The second-order valence-electron chi connectivity index (χ2n) is 5.82. The van der Waals surface area contributed by atoms with Gasteiger partial charge in [0.05, 0.1) is 23.9 Å². The third-order valence-electron chi connectivity index (χ3n) is 3.72. The molecule has 2 aromatic rings. The molecule has 0 fully saturated rings. The van der Waals surface area contributed by atoms with Crippen LogP contribution in [0.15, 0.2) is 48.5 Å². The number of carbonyl (C=O) groups is 1. The zero-order valence-corrected chi connectivity index (χ0v) is 15.3. The standard InChI is InChI=1S/C20H25ClN2O2/c1-2-3-4-7-14-25-17-12-10-16(11-13-17)22-15-20(24)23-19-9-6-5-8-18(19)21/h5-6,8-13,22H,2-4,7,14-15H2,1H3,(H,23,24). The first kappa shape index (κ1) is 19.1. The maximum Gasteiger partial charge on any atom is 0.243 e. The topological polar surface area (TPSA) is 50.4 Å². The average molecular weight is 361 g/mol. The van der Waals surface area contributed by atoms with E-state index in [1.807, 2.05) is 36.4 Å². The van der Waals surface area contributed by atoms with Crippen LogP contribution in [0.5, 0.6) is 5.75 Å². The molecule has 0 aliphatic carbocycles. The van der Waals surface area contributed by atoms with Gasteiger partial charge in [-0.2, -0.15) is 0 Å². The fourth-order valence-corrected chi connectivity index (χ4v) is 2.51. The Hall–Kier alpha value is -2.20. The summed E-state index contributed by atoms with van der Waals surface area (Å²) >= 11 is 6.02. The molecule has 0 atom stereocenters. The fraction of sp³-hybridized carbons (Fsp3) is 0.350. The number of anilines is 2. The minimum Gasteiger partial charge on any atom is -0.494 e. The Labute approximate surface area is 154 Å². The van der Waals surface area contributed by atoms with E-state index in [2.05, 4.69) is 17.6 Å². The first-order valence-electron chi connectivity index (χ1n) is 8.70. The number of hydrogen-bond donors (Lipinski definition) is 2.